The topological polar surface area (TPSA) is 72.7 Å². The molecule has 10 heteroatoms. The zero-order valence-corrected chi connectivity index (χ0v) is 17.4. The maximum Gasteiger partial charge on any atom is 0.417 e. The molecule has 3 aromatic heterocycles. The predicted molar refractivity (Wildman–Crippen MR) is 109 cm³/mol. The third kappa shape index (κ3) is 5.38. The number of carbonyl (C=O) groups excluding carboxylic acids is 1. The van der Waals surface area contributed by atoms with Crippen LogP contribution in [0.5, 0.6) is 0 Å². The Morgan fingerprint density at radius 1 is 1.13 bits per heavy atom. The zero-order chi connectivity index (χ0) is 21.9. The van der Waals surface area contributed by atoms with Crippen molar-refractivity contribution in [2.75, 3.05) is 11.1 Å². The normalized spacial score (nSPS) is 12.1. The smallest absolute Gasteiger partial charge is 0.310 e. The summed E-state index contributed by atoms with van der Waals surface area (Å²) in [7, 11) is 0. The van der Waals surface area contributed by atoms with E-state index in [4.69, 9.17) is 0 Å². The van der Waals surface area contributed by atoms with Crippen molar-refractivity contribution < 1.29 is 18.0 Å². The van der Waals surface area contributed by atoms with Gasteiger partial charge in [0.15, 0.2) is 5.82 Å². The van der Waals surface area contributed by atoms with E-state index in [1.165, 1.54) is 6.07 Å². The van der Waals surface area contributed by atoms with Gasteiger partial charge in [0.05, 0.1) is 22.0 Å². The van der Waals surface area contributed by atoms with Gasteiger partial charge in [-0.25, -0.2) is 9.97 Å². The van der Waals surface area contributed by atoms with Crippen LogP contribution in [0.25, 0.3) is 5.82 Å². The summed E-state index contributed by atoms with van der Waals surface area (Å²) in [6.45, 7) is 6.03. The molecule has 158 valence electrons. The van der Waals surface area contributed by atoms with Gasteiger partial charge in [-0.05, 0) is 24.3 Å². The quantitative estimate of drug-likeness (QED) is 0.588. The number of alkyl halides is 3. The highest BCUT2D eigenvalue weighted by Gasteiger charge is 2.30. The van der Waals surface area contributed by atoms with Crippen LogP contribution in [-0.2, 0) is 16.4 Å². The number of nitrogens with zero attached hydrogens (tertiary/aromatic N) is 4. The molecule has 0 aromatic carbocycles. The highest BCUT2D eigenvalue weighted by atomic mass is 32.2. The lowest BCUT2D eigenvalue weighted by atomic mass is 9.92. The highest BCUT2D eigenvalue weighted by molar-refractivity contribution is 7.99. The lowest BCUT2D eigenvalue weighted by Crippen LogP contribution is -2.17. The van der Waals surface area contributed by atoms with Crippen LogP contribution in [-0.4, -0.2) is 31.4 Å². The van der Waals surface area contributed by atoms with Crippen LogP contribution in [0.2, 0.25) is 0 Å². The molecule has 0 atom stereocenters. The number of pyridine rings is 2. The van der Waals surface area contributed by atoms with Gasteiger partial charge in [-0.1, -0.05) is 38.6 Å². The Morgan fingerprint density at radius 2 is 1.90 bits per heavy atom. The van der Waals surface area contributed by atoms with Crippen molar-refractivity contribution in [1.82, 2.24) is 19.7 Å². The molecular weight excluding hydrogens is 415 g/mol. The minimum Gasteiger partial charge on any atom is -0.310 e. The summed E-state index contributed by atoms with van der Waals surface area (Å²) in [4.78, 5) is 20.5. The molecule has 0 fully saturated rings. The first-order valence-electron chi connectivity index (χ1n) is 9.02. The van der Waals surface area contributed by atoms with Crippen LogP contribution in [0.1, 0.15) is 32.0 Å². The Balaban J connectivity index is 1.72. The van der Waals surface area contributed by atoms with Crippen LogP contribution in [0.3, 0.4) is 0 Å². The highest BCUT2D eigenvalue weighted by Crippen LogP contribution is 2.30. The maximum absolute atomic E-state index is 12.6. The van der Waals surface area contributed by atoms with E-state index in [-0.39, 0.29) is 17.1 Å². The molecule has 3 heterocycles. The van der Waals surface area contributed by atoms with Gasteiger partial charge < -0.3 is 5.32 Å². The van der Waals surface area contributed by atoms with E-state index in [1.807, 2.05) is 26.8 Å². The van der Waals surface area contributed by atoms with Crippen molar-refractivity contribution in [3.63, 3.8) is 0 Å². The van der Waals surface area contributed by atoms with Gasteiger partial charge in [0.25, 0.3) is 0 Å². The number of anilines is 1. The molecule has 3 aromatic rings. The second kappa shape index (κ2) is 8.47. The van der Waals surface area contributed by atoms with Gasteiger partial charge in [0.2, 0.25) is 5.91 Å². The second-order valence-corrected chi connectivity index (χ2v) is 8.48. The molecule has 0 radical (unpaired) electrons. The molecule has 0 unspecified atom stereocenters. The van der Waals surface area contributed by atoms with Gasteiger partial charge in [0, 0.05) is 23.9 Å². The number of halogens is 3. The van der Waals surface area contributed by atoms with E-state index >= 15 is 0 Å². The van der Waals surface area contributed by atoms with Crippen LogP contribution >= 0.6 is 11.8 Å². The summed E-state index contributed by atoms with van der Waals surface area (Å²) < 4.78 is 39.4. The van der Waals surface area contributed by atoms with E-state index in [0.29, 0.717) is 16.7 Å². The van der Waals surface area contributed by atoms with Gasteiger partial charge in [0.1, 0.15) is 5.82 Å². The molecule has 6 nitrogen and oxygen atoms in total. The maximum atomic E-state index is 12.6. The molecular formula is C20H20F3N5OS. The third-order valence-corrected chi connectivity index (χ3v) is 4.97. The van der Waals surface area contributed by atoms with Crippen molar-refractivity contribution in [2.45, 2.75) is 37.4 Å². The van der Waals surface area contributed by atoms with E-state index < -0.39 is 11.7 Å². The summed E-state index contributed by atoms with van der Waals surface area (Å²) in [5, 5.41) is 7.70. The minimum absolute atomic E-state index is 0.0172. The number of amides is 1. The fourth-order valence-corrected chi connectivity index (χ4v) is 3.08. The number of rotatable bonds is 5. The first-order valence-corrected chi connectivity index (χ1v) is 10.0. The Morgan fingerprint density at radius 3 is 2.47 bits per heavy atom. The zero-order valence-electron chi connectivity index (χ0n) is 16.6. The van der Waals surface area contributed by atoms with Crippen molar-refractivity contribution in [3.8, 4) is 5.82 Å². The van der Waals surface area contributed by atoms with Crippen molar-refractivity contribution in [2.24, 2.45) is 0 Å². The largest absolute Gasteiger partial charge is 0.417 e. The second-order valence-electron chi connectivity index (χ2n) is 7.48. The predicted octanol–water partition coefficient (Wildman–Crippen LogP) is 4.71. The van der Waals surface area contributed by atoms with Crippen LogP contribution in [0.4, 0.5) is 19.0 Å². The average Bonchev–Trinajstić information content (AvgIpc) is 3.11. The monoisotopic (exact) mass is 435 g/mol. The summed E-state index contributed by atoms with van der Waals surface area (Å²) in [6.07, 6.45) is -2.06. The summed E-state index contributed by atoms with van der Waals surface area (Å²) in [6, 6.07) is 9.35. The molecule has 0 aliphatic heterocycles. The molecule has 1 amide bonds. The van der Waals surface area contributed by atoms with E-state index in [2.05, 4.69) is 20.4 Å². The minimum atomic E-state index is -4.44. The third-order valence-electron chi connectivity index (χ3n) is 4.03. The lowest BCUT2D eigenvalue weighted by molar-refractivity contribution is -0.137. The number of thioether (sulfide) groups is 1. The van der Waals surface area contributed by atoms with Gasteiger partial charge in [-0.3, -0.25) is 4.79 Å². The van der Waals surface area contributed by atoms with Gasteiger partial charge in [-0.15, -0.1) is 0 Å². The molecule has 1 N–H and O–H groups in total. The summed E-state index contributed by atoms with van der Waals surface area (Å²) in [5.41, 5.74) is -0.288. The molecule has 0 saturated heterocycles. The Hall–Kier alpha value is -2.88. The number of aromatic nitrogens is 4. The average molecular weight is 435 g/mol. The SMILES string of the molecule is CC(C)(C)c1cc(NC(=O)CSc2ccc(C(F)(F)F)cn2)n(-c2ccccn2)n1. The van der Waals surface area contributed by atoms with Crippen LogP contribution in [0, 0.1) is 0 Å². The molecule has 0 saturated carbocycles. The molecule has 30 heavy (non-hydrogen) atoms. The van der Waals surface area contributed by atoms with Crippen molar-refractivity contribution >= 4 is 23.5 Å². The molecule has 0 bridgehead atoms. The van der Waals surface area contributed by atoms with E-state index in [9.17, 15) is 18.0 Å². The number of hydrogen-bond acceptors (Lipinski definition) is 5. The molecule has 0 spiro atoms. The molecule has 0 aliphatic rings. The van der Waals surface area contributed by atoms with Crippen molar-refractivity contribution in [1.29, 1.82) is 0 Å². The number of carbonyl (C=O) groups is 1. The molecule has 3 rings (SSSR count). The van der Waals surface area contributed by atoms with Crippen LogP contribution in [0.15, 0.2) is 53.8 Å². The fourth-order valence-electron chi connectivity index (χ4n) is 2.44. The standard InChI is InChI=1S/C20H20F3N5OS/c1-19(2,3)14-10-16(28(27-14)15-6-4-5-9-24-15)26-17(29)12-30-18-8-7-13(11-25-18)20(21,22)23/h4-11H,12H2,1-3H3,(H,26,29). The summed E-state index contributed by atoms with van der Waals surface area (Å²) >= 11 is 1.05. The van der Waals surface area contributed by atoms with Gasteiger partial charge >= 0.3 is 6.18 Å². The Bertz CT molecular complexity index is 1010. The van der Waals surface area contributed by atoms with Gasteiger partial charge in [-0.2, -0.15) is 23.0 Å². The van der Waals surface area contributed by atoms with E-state index in [1.54, 1.807) is 29.1 Å². The van der Waals surface area contributed by atoms with Crippen molar-refractivity contribution in [3.05, 3.63) is 60.0 Å². The fraction of sp³-hybridized carbons (Fsp3) is 0.300. The lowest BCUT2D eigenvalue weighted by Gasteiger charge is -2.13. The Kier molecular flexibility index (Phi) is 6.16. The Labute approximate surface area is 175 Å². The molecule has 0 aliphatic carbocycles. The first kappa shape index (κ1) is 21.8. The first-order chi connectivity index (χ1) is 14.0. The van der Waals surface area contributed by atoms with E-state index in [0.717, 1.165) is 29.7 Å². The number of hydrogen-bond donors (Lipinski definition) is 1. The van der Waals surface area contributed by atoms with Crippen LogP contribution < -0.4 is 5.32 Å². The number of nitrogens with one attached hydrogen (secondary N) is 1. The summed E-state index contributed by atoms with van der Waals surface area (Å²) in [5.74, 6) is 0.667.